The summed E-state index contributed by atoms with van der Waals surface area (Å²) in [5.41, 5.74) is 4.17. The zero-order chi connectivity index (χ0) is 21.6. The van der Waals surface area contributed by atoms with Crippen molar-refractivity contribution < 1.29 is 14.0 Å². The summed E-state index contributed by atoms with van der Waals surface area (Å²) >= 11 is 0. The molecule has 0 heterocycles. The Kier molecular flexibility index (Phi) is 5.85. The third kappa shape index (κ3) is 5.03. The molecule has 0 aliphatic heterocycles. The van der Waals surface area contributed by atoms with Crippen LogP contribution in [0.2, 0.25) is 0 Å². The Balaban J connectivity index is 1.38. The van der Waals surface area contributed by atoms with Crippen molar-refractivity contribution in [2.45, 2.75) is 0 Å². The summed E-state index contributed by atoms with van der Waals surface area (Å²) in [4.78, 5) is 24.8. The van der Waals surface area contributed by atoms with Gasteiger partial charge in [-0.2, -0.15) is 0 Å². The molecule has 0 fully saturated rings. The van der Waals surface area contributed by atoms with Crippen LogP contribution < -0.4 is 10.6 Å². The highest BCUT2D eigenvalue weighted by atomic mass is 19.1. The fraction of sp³-hybridized carbons (Fsp3) is 0. The molecule has 0 aromatic heterocycles. The van der Waals surface area contributed by atoms with E-state index in [2.05, 4.69) is 10.6 Å². The van der Waals surface area contributed by atoms with Gasteiger partial charge in [-0.05, 0) is 71.8 Å². The number of amides is 2. The topological polar surface area (TPSA) is 58.2 Å². The lowest BCUT2D eigenvalue weighted by Gasteiger charge is -2.08. The van der Waals surface area contributed by atoms with E-state index in [1.165, 1.54) is 24.3 Å². The number of hydrogen-bond donors (Lipinski definition) is 2. The third-order valence-corrected chi connectivity index (χ3v) is 4.76. The van der Waals surface area contributed by atoms with E-state index in [1.54, 1.807) is 36.4 Å². The van der Waals surface area contributed by atoms with Crippen molar-refractivity contribution in [1.29, 1.82) is 0 Å². The van der Waals surface area contributed by atoms with E-state index in [-0.39, 0.29) is 17.6 Å². The van der Waals surface area contributed by atoms with Crippen LogP contribution in [0.4, 0.5) is 15.8 Å². The molecule has 0 saturated carbocycles. The number of halogens is 1. The largest absolute Gasteiger partial charge is 0.322 e. The second kappa shape index (κ2) is 9.05. The van der Waals surface area contributed by atoms with Gasteiger partial charge >= 0.3 is 0 Å². The normalized spacial score (nSPS) is 10.4. The third-order valence-electron chi connectivity index (χ3n) is 4.76. The molecule has 0 spiro atoms. The van der Waals surface area contributed by atoms with Crippen molar-refractivity contribution in [3.63, 3.8) is 0 Å². The molecule has 0 aliphatic carbocycles. The molecule has 0 bridgehead atoms. The minimum Gasteiger partial charge on any atom is -0.322 e. The molecule has 0 atom stereocenters. The summed E-state index contributed by atoms with van der Waals surface area (Å²) < 4.78 is 13.0. The number of carbonyl (C=O) groups excluding carboxylic acids is 2. The Morgan fingerprint density at radius 2 is 0.935 bits per heavy atom. The zero-order valence-corrected chi connectivity index (χ0v) is 16.5. The SMILES string of the molecule is O=C(Nc1ccc(F)cc1)c1ccc(NC(=O)c2ccc(-c3ccccc3)cc2)cc1. The van der Waals surface area contributed by atoms with Crippen LogP contribution in [0.3, 0.4) is 0 Å². The Morgan fingerprint density at radius 1 is 0.516 bits per heavy atom. The van der Waals surface area contributed by atoms with Crippen molar-refractivity contribution in [3.8, 4) is 11.1 Å². The van der Waals surface area contributed by atoms with E-state index < -0.39 is 0 Å². The highest BCUT2D eigenvalue weighted by Crippen LogP contribution is 2.20. The minimum atomic E-state index is -0.368. The van der Waals surface area contributed by atoms with E-state index in [0.29, 0.717) is 22.5 Å². The van der Waals surface area contributed by atoms with Crippen LogP contribution >= 0.6 is 0 Å². The molecule has 0 radical (unpaired) electrons. The molecule has 4 nitrogen and oxygen atoms in total. The molecule has 4 rings (SSSR count). The lowest BCUT2D eigenvalue weighted by Crippen LogP contribution is -2.13. The van der Waals surface area contributed by atoms with Gasteiger partial charge in [0.05, 0.1) is 0 Å². The maximum absolute atomic E-state index is 13.0. The summed E-state index contributed by atoms with van der Waals surface area (Å²) in [7, 11) is 0. The lowest BCUT2D eigenvalue weighted by molar-refractivity contribution is 0.102. The Bertz CT molecular complexity index is 1190. The first kappa shape index (κ1) is 20.0. The van der Waals surface area contributed by atoms with Gasteiger partial charge in [0.25, 0.3) is 11.8 Å². The van der Waals surface area contributed by atoms with E-state index >= 15 is 0 Å². The summed E-state index contributed by atoms with van der Waals surface area (Å²) in [6.45, 7) is 0. The molecule has 4 aromatic carbocycles. The quantitative estimate of drug-likeness (QED) is 0.424. The van der Waals surface area contributed by atoms with Gasteiger partial charge in [-0.3, -0.25) is 9.59 Å². The van der Waals surface area contributed by atoms with Crippen molar-refractivity contribution in [2.75, 3.05) is 10.6 Å². The summed E-state index contributed by atoms with van der Waals surface area (Å²) in [6.07, 6.45) is 0. The van der Waals surface area contributed by atoms with Gasteiger partial charge < -0.3 is 10.6 Å². The van der Waals surface area contributed by atoms with E-state index in [1.807, 2.05) is 42.5 Å². The highest BCUT2D eigenvalue weighted by molar-refractivity contribution is 6.06. The summed E-state index contributed by atoms with van der Waals surface area (Å²) in [5, 5.41) is 5.52. The standard InChI is InChI=1S/C26H19FN2O2/c27-22-12-16-24(17-13-22)29-26(31)21-10-14-23(15-11-21)28-25(30)20-8-6-19(7-9-20)18-4-2-1-3-5-18/h1-17H,(H,28,30)(H,29,31). The minimum absolute atomic E-state index is 0.233. The molecular formula is C26H19FN2O2. The lowest BCUT2D eigenvalue weighted by atomic mass is 10.0. The first-order valence-corrected chi connectivity index (χ1v) is 9.72. The van der Waals surface area contributed by atoms with Crippen LogP contribution in [0.25, 0.3) is 11.1 Å². The Labute approximate surface area is 179 Å². The monoisotopic (exact) mass is 410 g/mol. The molecular weight excluding hydrogens is 391 g/mol. The first-order chi connectivity index (χ1) is 15.1. The maximum Gasteiger partial charge on any atom is 0.255 e. The highest BCUT2D eigenvalue weighted by Gasteiger charge is 2.09. The number of anilines is 2. The van der Waals surface area contributed by atoms with Gasteiger partial charge in [0.2, 0.25) is 0 Å². The molecule has 4 aromatic rings. The van der Waals surface area contributed by atoms with Crippen LogP contribution in [-0.4, -0.2) is 11.8 Å². The summed E-state index contributed by atoms with van der Waals surface area (Å²) in [6, 6.07) is 29.4. The second-order valence-electron chi connectivity index (χ2n) is 6.94. The molecule has 31 heavy (non-hydrogen) atoms. The fourth-order valence-electron chi connectivity index (χ4n) is 3.09. The van der Waals surface area contributed by atoms with Crippen molar-refractivity contribution in [2.24, 2.45) is 0 Å². The van der Waals surface area contributed by atoms with Crippen LogP contribution in [0, 0.1) is 5.82 Å². The average Bonchev–Trinajstić information content (AvgIpc) is 2.81. The van der Waals surface area contributed by atoms with E-state index in [9.17, 15) is 14.0 Å². The molecule has 5 heteroatoms. The average molecular weight is 410 g/mol. The Hall–Kier alpha value is -4.25. The zero-order valence-electron chi connectivity index (χ0n) is 16.5. The van der Waals surface area contributed by atoms with Crippen LogP contribution in [-0.2, 0) is 0 Å². The molecule has 2 N–H and O–H groups in total. The van der Waals surface area contributed by atoms with E-state index in [4.69, 9.17) is 0 Å². The van der Waals surface area contributed by atoms with Gasteiger partial charge in [-0.1, -0.05) is 42.5 Å². The predicted octanol–water partition coefficient (Wildman–Crippen LogP) is 6.00. The molecule has 0 unspecified atom stereocenters. The first-order valence-electron chi connectivity index (χ1n) is 9.72. The molecule has 0 aliphatic rings. The molecule has 152 valence electrons. The Morgan fingerprint density at radius 3 is 1.45 bits per heavy atom. The van der Waals surface area contributed by atoms with Crippen molar-refractivity contribution in [1.82, 2.24) is 0 Å². The number of carbonyl (C=O) groups is 2. The van der Waals surface area contributed by atoms with Gasteiger partial charge in [-0.25, -0.2) is 4.39 Å². The van der Waals surface area contributed by atoms with E-state index in [0.717, 1.165) is 11.1 Å². The van der Waals surface area contributed by atoms with Crippen LogP contribution in [0.1, 0.15) is 20.7 Å². The fourth-order valence-corrected chi connectivity index (χ4v) is 3.09. The second-order valence-corrected chi connectivity index (χ2v) is 6.94. The number of benzene rings is 4. The van der Waals surface area contributed by atoms with Crippen LogP contribution in [0.15, 0.2) is 103 Å². The number of hydrogen-bond acceptors (Lipinski definition) is 2. The predicted molar refractivity (Wildman–Crippen MR) is 121 cm³/mol. The van der Waals surface area contributed by atoms with Gasteiger partial charge in [0.15, 0.2) is 0 Å². The van der Waals surface area contributed by atoms with Crippen LogP contribution in [0.5, 0.6) is 0 Å². The number of rotatable bonds is 5. The van der Waals surface area contributed by atoms with Gasteiger partial charge in [0.1, 0.15) is 5.82 Å². The number of nitrogens with one attached hydrogen (secondary N) is 2. The smallest absolute Gasteiger partial charge is 0.255 e. The summed E-state index contributed by atoms with van der Waals surface area (Å²) in [5.74, 6) is -0.920. The van der Waals surface area contributed by atoms with Gasteiger partial charge in [0, 0.05) is 22.5 Å². The maximum atomic E-state index is 13.0. The van der Waals surface area contributed by atoms with Gasteiger partial charge in [-0.15, -0.1) is 0 Å². The molecule has 0 saturated heterocycles. The van der Waals surface area contributed by atoms with Crippen molar-refractivity contribution in [3.05, 3.63) is 120 Å². The molecule has 2 amide bonds. The van der Waals surface area contributed by atoms with Crippen molar-refractivity contribution >= 4 is 23.2 Å².